The number of hydrogen-bond acceptors (Lipinski definition) is 6. The first-order valence-electron chi connectivity index (χ1n) is 8.60. The first kappa shape index (κ1) is 18.5. The zero-order valence-corrected chi connectivity index (χ0v) is 15.7. The van der Waals surface area contributed by atoms with Crippen LogP contribution in [0.25, 0.3) is 0 Å². The minimum absolute atomic E-state index is 0.00995. The molecule has 2 aromatic rings. The van der Waals surface area contributed by atoms with Gasteiger partial charge in [0.05, 0.1) is 11.4 Å². The number of rotatable bonds is 6. The van der Waals surface area contributed by atoms with Gasteiger partial charge in [-0.05, 0) is 38.0 Å². The summed E-state index contributed by atoms with van der Waals surface area (Å²) in [6.45, 7) is 5.07. The number of carbonyl (C=O) groups excluding carboxylic acids is 1. The normalized spacial score (nSPS) is 15.0. The molecule has 1 aliphatic heterocycles. The van der Waals surface area contributed by atoms with Crippen LogP contribution in [0.15, 0.2) is 33.7 Å². The number of carbonyl (C=O) groups is 1. The van der Waals surface area contributed by atoms with Gasteiger partial charge in [-0.3, -0.25) is 4.79 Å². The molecule has 3 rings (SSSR count). The van der Waals surface area contributed by atoms with Gasteiger partial charge in [0.2, 0.25) is 15.9 Å². The zero-order valence-electron chi connectivity index (χ0n) is 14.9. The van der Waals surface area contributed by atoms with E-state index < -0.39 is 10.0 Å². The molecule has 1 saturated heterocycles. The van der Waals surface area contributed by atoms with E-state index in [2.05, 4.69) is 10.1 Å². The standard InChI is InChI=1S/C17H22N4O4S/c1-3-21(12-16-18-13(2)19-25-16)26(23,24)15-8-6-7-14(11-15)17(22)20-9-4-5-10-20/h6-8,11H,3-5,9-10,12H2,1-2H3. The molecule has 26 heavy (non-hydrogen) atoms. The quantitative estimate of drug-likeness (QED) is 0.761. The molecule has 1 aromatic heterocycles. The molecular formula is C17H22N4O4S. The lowest BCUT2D eigenvalue weighted by Crippen LogP contribution is -2.31. The van der Waals surface area contributed by atoms with Gasteiger partial charge < -0.3 is 9.42 Å². The van der Waals surface area contributed by atoms with E-state index in [1.807, 2.05) is 0 Å². The summed E-state index contributed by atoms with van der Waals surface area (Å²) in [6.07, 6.45) is 1.97. The molecule has 0 bridgehead atoms. The van der Waals surface area contributed by atoms with Crippen molar-refractivity contribution >= 4 is 15.9 Å². The van der Waals surface area contributed by atoms with E-state index in [9.17, 15) is 13.2 Å². The van der Waals surface area contributed by atoms with Gasteiger partial charge in [-0.2, -0.15) is 9.29 Å². The third-order valence-corrected chi connectivity index (χ3v) is 6.26. The number of amides is 1. The second kappa shape index (κ2) is 7.55. The van der Waals surface area contributed by atoms with Crippen LogP contribution in [0.5, 0.6) is 0 Å². The summed E-state index contributed by atoms with van der Waals surface area (Å²) in [5, 5.41) is 3.68. The number of aryl methyl sites for hydroxylation is 1. The van der Waals surface area contributed by atoms with Gasteiger partial charge >= 0.3 is 0 Å². The van der Waals surface area contributed by atoms with E-state index >= 15 is 0 Å². The maximum Gasteiger partial charge on any atom is 0.253 e. The fraction of sp³-hybridized carbons (Fsp3) is 0.471. The van der Waals surface area contributed by atoms with E-state index in [4.69, 9.17) is 4.52 Å². The van der Waals surface area contributed by atoms with Crippen LogP contribution < -0.4 is 0 Å². The summed E-state index contributed by atoms with van der Waals surface area (Å²) in [4.78, 5) is 18.4. The Morgan fingerprint density at radius 3 is 2.65 bits per heavy atom. The number of benzene rings is 1. The van der Waals surface area contributed by atoms with Crippen molar-refractivity contribution in [2.45, 2.75) is 38.1 Å². The average Bonchev–Trinajstić information content (AvgIpc) is 3.30. The molecule has 0 unspecified atom stereocenters. The van der Waals surface area contributed by atoms with Crippen molar-refractivity contribution in [1.29, 1.82) is 0 Å². The first-order chi connectivity index (χ1) is 12.4. The minimum atomic E-state index is -3.78. The summed E-state index contributed by atoms with van der Waals surface area (Å²) < 4.78 is 32.2. The van der Waals surface area contributed by atoms with Crippen molar-refractivity contribution in [3.63, 3.8) is 0 Å². The number of likely N-dealkylation sites (tertiary alicyclic amines) is 1. The van der Waals surface area contributed by atoms with E-state index in [0.717, 1.165) is 12.8 Å². The molecule has 140 valence electrons. The Balaban J connectivity index is 1.85. The van der Waals surface area contributed by atoms with Crippen LogP contribution in [-0.4, -0.2) is 53.3 Å². The lowest BCUT2D eigenvalue weighted by Gasteiger charge is -2.20. The summed E-state index contributed by atoms with van der Waals surface area (Å²) in [7, 11) is -3.78. The number of sulfonamides is 1. The molecule has 8 nitrogen and oxygen atoms in total. The topological polar surface area (TPSA) is 96.6 Å². The Labute approximate surface area is 152 Å². The molecule has 0 aliphatic carbocycles. The first-order valence-corrected chi connectivity index (χ1v) is 10.0. The lowest BCUT2D eigenvalue weighted by atomic mass is 10.2. The smallest absolute Gasteiger partial charge is 0.253 e. The Morgan fingerprint density at radius 1 is 1.31 bits per heavy atom. The highest BCUT2D eigenvalue weighted by Gasteiger charge is 2.27. The summed E-state index contributed by atoms with van der Waals surface area (Å²) in [6, 6.07) is 6.19. The third kappa shape index (κ3) is 3.78. The number of hydrogen-bond donors (Lipinski definition) is 0. The van der Waals surface area contributed by atoms with Crippen LogP contribution in [-0.2, 0) is 16.6 Å². The SMILES string of the molecule is CCN(Cc1nc(C)no1)S(=O)(=O)c1cccc(C(=O)N2CCCC2)c1. The van der Waals surface area contributed by atoms with Gasteiger partial charge in [-0.25, -0.2) is 8.42 Å². The Hall–Kier alpha value is -2.26. The molecule has 0 radical (unpaired) electrons. The number of aromatic nitrogens is 2. The fourth-order valence-corrected chi connectivity index (χ4v) is 4.41. The second-order valence-electron chi connectivity index (χ2n) is 6.19. The van der Waals surface area contributed by atoms with Gasteiger partial charge in [0.1, 0.15) is 0 Å². The molecule has 1 fully saturated rings. The van der Waals surface area contributed by atoms with Crippen LogP contribution >= 0.6 is 0 Å². The highest BCUT2D eigenvalue weighted by atomic mass is 32.2. The Morgan fingerprint density at radius 2 is 2.04 bits per heavy atom. The molecule has 0 spiro atoms. The van der Waals surface area contributed by atoms with Crippen LogP contribution in [0.2, 0.25) is 0 Å². The van der Waals surface area contributed by atoms with Gasteiger partial charge in [-0.1, -0.05) is 18.1 Å². The molecule has 0 N–H and O–H groups in total. The molecule has 9 heteroatoms. The van der Waals surface area contributed by atoms with Crippen molar-refractivity contribution in [2.75, 3.05) is 19.6 Å². The fourth-order valence-electron chi connectivity index (χ4n) is 2.96. The third-order valence-electron chi connectivity index (χ3n) is 4.35. The van der Waals surface area contributed by atoms with E-state index in [-0.39, 0.29) is 29.8 Å². The van der Waals surface area contributed by atoms with E-state index in [0.29, 0.717) is 24.5 Å². The van der Waals surface area contributed by atoms with Gasteiger partial charge in [-0.15, -0.1) is 0 Å². The summed E-state index contributed by atoms with van der Waals surface area (Å²) >= 11 is 0. The van der Waals surface area contributed by atoms with Crippen LogP contribution in [0, 0.1) is 6.92 Å². The van der Waals surface area contributed by atoms with E-state index in [1.165, 1.54) is 16.4 Å². The summed E-state index contributed by atoms with van der Waals surface area (Å²) in [5.74, 6) is 0.555. The van der Waals surface area contributed by atoms with Crippen LogP contribution in [0.4, 0.5) is 0 Å². The molecule has 0 saturated carbocycles. The predicted molar refractivity (Wildman–Crippen MR) is 93.9 cm³/mol. The van der Waals surface area contributed by atoms with Crippen molar-refractivity contribution in [3.05, 3.63) is 41.5 Å². The number of nitrogens with zero attached hydrogens (tertiary/aromatic N) is 4. The maximum atomic E-state index is 13.0. The van der Waals surface area contributed by atoms with Crippen molar-refractivity contribution in [3.8, 4) is 0 Å². The predicted octanol–water partition coefficient (Wildman–Crippen LogP) is 1.82. The maximum absolute atomic E-state index is 13.0. The van der Waals surface area contributed by atoms with Gasteiger partial charge in [0.25, 0.3) is 5.91 Å². The van der Waals surface area contributed by atoms with Crippen molar-refractivity contribution < 1.29 is 17.7 Å². The molecule has 1 amide bonds. The van der Waals surface area contributed by atoms with Crippen molar-refractivity contribution in [2.24, 2.45) is 0 Å². The molecule has 0 atom stereocenters. The Kier molecular flexibility index (Phi) is 5.38. The Bertz CT molecular complexity index is 888. The minimum Gasteiger partial charge on any atom is -0.339 e. The summed E-state index contributed by atoms with van der Waals surface area (Å²) in [5.41, 5.74) is 0.387. The monoisotopic (exact) mass is 378 g/mol. The lowest BCUT2D eigenvalue weighted by molar-refractivity contribution is 0.0792. The highest BCUT2D eigenvalue weighted by molar-refractivity contribution is 7.89. The second-order valence-corrected chi connectivity index (χ2v) is 8.13. The van der Waals surface area contributed by atoms with Crippen molar-refractivity contribution in [1.82, 2.24) is 19.3 Å². The molecule has 1 aromatic carbocycles. The zero-order chi connectivity index (χ0) is 18.7. The molecule has 2 heterocycles. The average molecular weight is 378 g/mol. The van der Waals surface area contributed by atoms with Crippen LogP contribution in [0.3, 0.4) is 0 Å². The van der Waals surface area contributed by atoms with E-state index in [1.54, 1.807) is 30.9 Å². The van der Waals surface area contributed by atoms with Gasteiger partial charge in [0, 0.05) is 25.2 Å². The molecular weight excluding hydrogens is 356 g/mol. The molecule has 1 aliphatic rings. The highest BCUT2D eigenvalue weighted by Crippen LogP contribution is 2.21. The van der Waals surface area contributed by atoms with Gasteiger partial charge in [0.15, 0.2) is 5.82 Å². The van der Waals surface area contributed by atoms with Crippen LogP contribution in [0.1, 0.15) is 41.8 Å². The largest absolute Gasteiger partial charge is 0.339 e.